The van der Waals surface area contributed by atoms with Crippen molar-refractivity contribution < 1.29 is 4.74 Å². The second kappa shape index (κ2) is 8.96. The topological polar surface area (TPSA) is 21.3 Å². The lowest BCUT2D eigenvalue weighted by Crippen LogP contribution is -2.37. The van der Waals surface area contributed by atoms with Crippen molar-refractivity contribution in [3.63, 3.8) is 0 Å². The lowest BCUT2D eigenvalue weighted by atomic mass is 9.99. The van der Waals surface area contributed by atoms with E-state index in [4.69, 9.17) is 4.74 Å². The summed E-state index contributed by atoms with van der Waals surface area (Å²) < 4.78 is 5.97. The third-order valence-corrected chi connectivity index (χ3v) is 7.20. The van der Waals surface area contributed by atoms with Gasteiger partial charge in [-0.2, -0.15) is 23.5 Å². The lowest BCUT2D eigenvalue weighted by molar-refractivity contribution is 0.310. The molecule has 2 rings (SSSR count). The third kappa shape index (κ3) is 4.33. The van der Waals surface area contributed by atoms with E-state index in [1.165, 1.54) is 23.5 Å². The Hall–Kier alpha value is -0.320. The third-order valence-electron chi connectivity index (χ3n) is 3.85. The monoisotopic (exact) mass is 325 g/mol. The van der Waals surface area contributed by atoms with Gasteiger partial charge in [0.2, 0.25) is 0 Å². The average Bonchev–Trinajstić information content (AvgIpc) is 2.55. The first kappa shape index (κ1) is 17.0. The summed E-state index contributed by atoms with van der Waals surface area (Å²) in [6.45, 7) is 5.25. The summed E-state index contributed by atoms with van der Waals surface area (Å²) in [6.07, 6.45) is 2.28. The number of hydrogen-bond acceptors (Lipinski definition) is 4. The highest BCUT2D eigenvalue weighted by Crippen LogP contribution is 2.42. The molecule has 4 heteroatoms. The van der Waals surface area contributed by atoms with Crippen LogP contribution in [0.25, 0.3) is 0 Å². The molecular formula is C17H27NOS2. The quantitative estimate of drug-likeness (QED) is 0.803. The van der Waals surface area contributed by atoms with E-state index in [1.807, 2.05) is 0 Å². The van der Waals surface area contributed by atoms with Crippen LogP contribution in [0, 0.1) is 0 Å². The Bertz CT molecular complexity index is 427. The first-order chi connectivity index (χ1) is 10.3. The smallest absolute Gasteiger partial charge is 0.124 e. The molecule has 3 atom stereocenters. The molecule has 1 N–H and O–H groups in total. The molecule has 3 unspecified atom stereocenters. The standard InChI is InChI=1S/C17H27NOS2/c1-4-10-19-14-9-7-6-8-13(14)16(18-3)17-15(5-2)20-11-12-21-17/h6-9,15-18H,4-5,10-12H2,1-3H3. The molecule has 118 valence electrons. The van der Waals surface area contributed by atoms with Gasteiger partial charge in [0.25, 0.3) is 0 Å². The van der Waals surface area contributed by atoms with Crippen LogP contribution in [0.15, 0.2) is 24.3 Å². The normalized spacial score (nSPS) is 23.8. The average molecular weight is 326 g/mol. The Morgan fingerprint density at radius 1 is 1.24 bits per heavy atom. The van der Waals surface area contributed by atoms with Crippen molar-refractivity contribution in [2.24, 2.45) is 0 Å². The van der Waals surface area contributed by atoms with Crippen molar-refractivity contribution in [1.29, 1.82) is 0 Å². The molecule has 0 spiro atoms. The van der Waals surface area contributed by atoms with Gasteiger partial charge in [0.15, 0.2) is 0 Å². The summed E-state index contributed by atoms with van der Waals surface area (Å²) in [5.74, 6) is 3.58. The Labute approximate surface area is 137 Å². The Morgan fingerprint density at radius 2 is 2.00 bits per heavy atom. The van der Waals surface area contributed by atoms with E-state index >= 15 is 0 Å². The molecule has 0 radical (unpaired) electrons. The fourth-order valence-electron chi connectivity index (χ4n) is 2.82. The van der Waals surface area contributed by atoms with E-state index in [2.05, 4.69) is 74.0 Å². The van der Waals surface area contributed by atoms with Gasteiger partial charge >= 0.3 is 0 Å². The van der Waals surface area contributed by atoms with Crippen LogP contribution >= 0.6 is 23.5 Å². The van der Waals surface area contributed by atoms with Crippen molar-refractivity contribution in [1.82, 2.24) is 5.32 Å². The minimum Gasteiger partial charge on any atom is -0.493 e. The predicted octanol–water partition coefficient (Wildman–Crippen LogP) is 4.36. The van der Waals surface area contributed by atoms with Crippen LogP contribution in [0.4, 0.5) is 0 Å². The molecule has 2 nitrogen and oxygen atoms in total. The van der Waals surface area contributed by atoms with Crippen molar-refractivity contribution in [3.8, 4) is 5.75 Å². The Balaban J connectivity index is 2.23. The van der Waals surface area contributed by atoms with Crippen molar-refractivity contribution >= 4 is 23.5 Å². The summed E-state index contributed by atoms with van der Waals surface area (Å²) in [7, 11) is 2.08. The van der Waals surface area contributed by atoms with Gasteiger partial charge < -0.3 is 10.1 Å². The Kier molecular flexibility index (Phi) is 7.27. The molecule has 0 bridgehead atoms. The zero-order valence-corrected chi connectivity index (χ0v) is 14.9. The number of hydrogen-bond donors (Lipinski definition) is 1. The second-order valence-corrected chi connectivity index (χ2v) is 7.94. The number of para-hydroxylation sites is 1. The maximum atomic E-state index is 5.97. The van der Waals surface area contributed by atoms with E-state index in [1.54, 1.807) is 0 Å². The highest BCUT2D eigenvalue weighted by atomic mass is 32.2. The zero-order chi connectivity index (χ0) is 15.1. The van der Waals surface area contributed by atoms with Gasteiger partial charge in [0, 0.05) is 33.6 Å². The molecule has 1 aliphatic heterocycles. The molecule has 0 aromatic heterocycles. The minimum absolute atomic E-state index is 0.362. The van der Waals surface area contributed by atoms with Gasteiger partial charge in [-0.05, 0) is 26.0 Å². The molecule has 1 heterocycles. The first-order valence-electron chi connectivity index (χ1n) is 7.94. The highest BCUT2D eigenvalue weighted by molar-refractivity contribution is 8.07. The van der Waals surface area contributed by atoms with Crippen LogP contribution in [0.5, 0.6) is 5.75 Å². The molecule has 1 fully saturated rings. The molecule has 0 aliphatic carbocycles. The van der Waals surface area contributed by atoms with Gasteiger partial charge in [-0.3, -0.25) is 0 Å². The van der Waals surface area contributed by atoms with Crippen LogP contribution in [0.2, 0.25) is 0 Å². The largest absolute Gasteiger partial charge is 0.493 e. The number of thioether (sulfide) groups is 2. The fraction of sp³-hybridized carbons (Fsp3) is 0.647. The summed E-state index contributed by atoms with van der Waals surface area (Å²) in [4.78, 5) is 0. The summed E-state index contributed by atoms with van der Waals surface area (Å²) in [5, 5.41) is 4.89. The summed E-state index contributed by atoms with van der Waals surface area (Å²) in [5.41, 5.74) is 1.31. The maximum absolute atomic E-state index is 5.97. The number of nitrogens with one attached hydrogen (secondary N) is 1. The molecule has 1 saturated heterocycles. The summed E-state index contributed by atoms with van der Waals surface area (Å²) >= 11 is 4.25. The highest BCUT2D eigenvalue weighted by Gasteiger charge is 2.33. The van der Waals surface area contributed by atoms with Gasteiger partial charge in [0.05, 0.1) is 6.61 Å². The van der Waals surface area contributed by atoms with Crippen molar-refractivity contribution in [2.75, 3.05) is 25.2 Å². The van der Waals surface area contributed by atoms with E-state index < -0.39 is 0 Å². The first-order valence-corrected chi connectivity index (χ1v) is 10.0. The number of ether oxygens (including phenoxy) is 1. The summed E-state index contributed by atoms with van der Waals surface area (Å²) in [6, 6.07) is 8.89. The fourth-order valence-corrected chi connectivity index (χ4v) is 6.11. The van der Waals surface area contributed by atoms with Crippen molar-refractivity contribution in [2.45, 2.75) is 43.2 Å². The number of benzene rings is 1. The predicted molar refractivity (Wildman–Crippen MR) is 96.8 cm³/mol. The molecule has 1 aliphatic rings. The Morgan fingerprint density at radius 3 is 2.71 bits per heavy atom. The van der Waals surface area contributed by atoms with Crippen LogP contribution < -0.4 is 10.1 Å². The van der Waals surface area contributed by atoms with E-state index in [-0.39, 0.29) is 0 Å². The molecular weight excluding hydrogens is 298 g/mol. The SMILES string of the molecule is CCCOc1ccccc1C(NC)C1SCCSC1CC. The molecule has 0 amide bonds. The molecule has 21 heavy (non-hydrogen) atoms. The molecule has 1 aromatic rings. The maximum Gasteiger partial charge on any atom is 0.124 e. The van der Waals surface area contributed by atoms with Gasteiger partial charge in [0.1, 0.15) is 5.75 Å². The van der Waals surface area contributed by atoms with Gasteiger partial charge in [-0.1, -0.05) is 32.0 Å². The zero-order valence-electron chi connectivity index (χ0n) is 13.3. The van der Waals surface area contributed by atoms with Gasteiger partial charge in [-0.15, -0.1) is 0 Å². The molecule has 0 saturated carbocycles. The number of rotatable bonds is 7. The van der Waals surface area contributed by atoms with Crippen LogP contribution in [0.1, 0.15) is 38.3 Å². The lowest BCUT2D eigenvalue weighted by Gasteiger charge is -2.36. The van der Waals surface area contributed by atoms with Crippen LogP contribution in [-0.4, -0.2) is 35.7 Å². The van der Waals surface area contributed by atoms with Crippen molar-refractivity contribution in [3.05, 3.63) is 29.8 Å². The van der Waals surface area contributed by atoms with Crippen LogP contribution in [-0.2, 0) is 0 Å². The van der Waals surface area contributed by atoms with E-state index in [0.717, 1.165) is 24.0 Å². The van der Waals surface area contributed by atoms with Gasteiger partial charge in [-0.25, -0.2) is 0 Å². The van der Waals surface area contributed by atoms with E-state index in [9.17, 15) is 0 Å². The molecule has 1 aromatic carbocycles. The van der Waals surface area contributed by atoms with Crippen LogP contribution in [0.3, 0.4) is 0 Å². The second-order valence-electron chi connectivity index (χ2n) is 5.31. The minimum atomic E-state index is 0.362. The van der Waals surface area contributed by atoms with E-state index in [0.29, 0.717) is 11.3 Å².